The zero-order chi connectivity index (χ0) is 12.5. The molecular weight excluding hydrogens is 230 g/mol. The second-order valence-electron chi connectivity index (χ2n) is 4.63. The Balaban J connectivity index is 1.75. The maximum absolute atomic E-state index is 11.7. The Kier molecular flexibility index (Phi) is 2.74. The molecule has 2 aromatic rings. The molecule has 0 amide bonds. The molecule has 0 spiro atoms. The van der Waals surface area contributed by atoms with E-state index in [1.54, 1.807) is 0 Å². The summed E-state index contributed by atoms with van der Waals surface area (Å²) in [4.78, 5) is 15.9. The van der Waals surface area contributed by atoms with Gasteiger partial charge in [0.05, 0.1) is 0 Å². The number of aryl methyl sites for hydroxylation is 3. The van der Waals surface area contributed by atoms with Gasteiger partial charge in [-0.1, -0.05) is 5.16 Å². The van der Waals surface area contributed by atoms with E-state index in [4.69, 9.17) is 4.52 Å². The van der Waals surface area contributed by atoms with Crippen molar-refractivity contribution in [2.24, 2.45) is 0 Å². The normalized spacial score (nSPS) is 14.8. The molecule has 0 saturated carbocycles. The Morgan fingerprint density at radius 3 is 3.11 bits per heavy atom. The molecule has 94 valence electrons. The summed E-state index contributed by atoms with van der Waals surface area (Å²) in [6, 6.07) is 1.93. The van der Waals surface area contributed by atoms with E-state index < -0.39 is 0 Å². The largest absolute Gasteiger partial charge is 0.350 e. The summed E-state index contributed by atoms with van der Waals surface area (Å²) >= 11 is 0. The predicted octanol–water partition coefficient (Wildman–Crippen LogP) is 1.94. The van der Waals surface area contributed by atoms with Gasteiger partial charge in [0, 0.05) is 36.8 Å². The van der Waals surface area contributed by atoms with E-state index in [0.29, 0.717) is 24.6 Å². The van der Waals surface area contributed by atoms with Gasteiger partial charge in [0.15, 0.2) is 11.6 Å². The van der Waals surface area contributed by atoms with Crippen molar-refractivity contribution in [2.45, 2.75) is 39.2 Å². The first-order valence-electron chi connectivity index (χ1n) is 6.24. The lowest BCUT2D eigenvalue weighted by Gasteiger charge is -2.14. The number of carbonyl (C=O) groups excluding carboxylic acids is 1. The number of carbonyl (C=O) groups is 1. The fraction of sp³-hybridized carbons (Fsp3) is 0.462. The van der Waals surface area contributed by atoms with Crippen LogP contribution in [0, 0.1) is 6.92 Å². The van der Waals surface area contributed by atoms with Crippen LogP contribution in [0.1, 0.15) is 40.6 Å². The molecular formula is C13H15N3O2. The van der Waals surface area contributed by atoms with Crippen molar-refractivity contribution in [3.63, 3.8) is 0 Å². The SMILES string of the molecule is Cc1noc(CCn2ccc3c2CCCC3=O)n1. The third kappa shape index (κ3) is 1.96. The van der Waals surface area contributed by atoms with Gasteiger partial charge >= 0.3 is 0 Å². The second kappa shape index (κ2) is 4.40. The standard InChI is InChI=1S/C13H15N3O2/c1-9-14-13(18-15-9)6-8-16-7-5-10-11(16)3-2-4-12(10)17/h5,7H,2-4,6,8H2,1H3. The lowest BCUT2D eigenvalue weighted by molar-refractivity contribution is 0.0972. The third-order valence-electron chi connectivity index (χ3n) is 3.33. The van der Waals surface area contributed by atoms with Gasteiger partial charge in [-0.05, 0) is 25.8 Å². The van der Waals surface area contributed by atoms with Gasteiger partial charge in [-0.3, -0.25) is 4.79 Å². The van der Waals surface area contributed by atoms with Crippen LogP contribution in [-0.4, -0.2) is 20.5 Å². The van der Waals surface area contributed by atoms with Crippen LogP contribution in [0.3, 0.4) is 0 Å². The molecule has 0 unspecified atom stereocenters. The molecule has 5 nitrogen and oxygen atoms in total. The molecule has 0 fully saturated rings. The van der Waals surface area contributed by atoms with Crippen LogP contribution >= 0.6 is 0 Å². The molecule has 0 saturated heterocycles. The number of rotatable bonds is 3. The van der Waals surface area contributed by atoms with E-state index in [2.05, 4.69) is 14.7 Å². The number of hydrogen-bond acceptors (Lipinski definition) is 4. The van der Waals surface area contributed by atoms with Gasteiger partial charge < -0.3 is 9.09 Å². The first-order chi connectivity index (χ1) is 8.74. The lowest BCUT2D eigenvalue weighted by Crippen LogP contribution is -2.13. The Hall–Kier alpha value is -1.91. The first-order valence-corrected chi connectivity index (χ1v) is 6.24. The maximum atomic E-state index is 11.7. The topological polar surface area (TPSA) is 60.9 Å². The molecule has 0 N–H and O–H groups in total. The zero-order valence-electron chi connectivity index (χ0n) is 10.3. The van der Waals surface area contributed by atoms with Crippen molar-refractivity contribution in [1.82, 2.24) is 14.7 Å². The first kappa shape index (κ1) is 11.2. The summed E-state index contributed by atoms with van der Waals surface area (Å²) in [5, 5.41) is 3.77. The Bertz CT molecular complexity index is 583. The van der Waals surface area contributed by atoms with Gasteiger partial charge in [0.2, 0.25) is 5.89 Å². The molecule has 0 aromatic carbocycles. The van der Waals surface area contributed by atoms with E-state index in [-0.39, 0.29) is 5.78 Å². The van der Waals surface area contributed by atoms with Gasteiger partial charge in [0.25, 0.3) is 0 Å². The highest BCUT2D eigenvalue weighted by Crippen LogP contribution is 2.22. The summed E-state index contributed by atoms with van der Waals surface area (Å²) in [6.07, 6.45) is 5.31. The summed E-state index contributed by atoms with van der Waals surface area (Å²) < 4.78 is 7.22. The van der Waals surface area contributed by atoms with Gasteiger partial charge in [-0.25, -0.2) is 0 Å². The molecule has 2 aromatic heterocycles. The third-order valence-corrected chi connectivity index (χ3v) is 3.33. The average Bonchev–Trinajstić information content (AvgIpc) is 2.94. The quantitative estimate of drug-likeness (QED) is 0.829. The fourth-order valence-corrected chi connectivity index (χ4v) is 2.46. The summed E-state index contributed by atoms with van der Waals surface area (Å²) in [5.74, 6) is 1.58. The van der Waals surface area contributed by atoms with E-state index >= 15 is 0 Å². The van der Waals surface area contributed by atoms with Crippen LogP contribution in [0.15, 0.2) is 16.8 Å². The molecule has 3 rings (SSSR count). The van der Waals surface area contributed by atoms with Gasteiger partial charge in [-0.15, -0.1) is 0 Å². The maximum Gasteiger partial charge on any atom is 0.228 e. The molecule has 2 heterocycles. The zero-order valence-corrected chi connectivity index (χ0v) is 10.3. The summed E-state index contributed by atoms with van der Waals surface area (Å²) in [7, 11) is 0. The number of ketones is 1. The fourth-order valence-electron chi connectivity index (χ4n) is 2.46. The monoisotopic (exact) mass is 245 g/mol. The molecule has 5 heteroatoms. The van der Waals surface area contributed by atoms with E-state index in [1.807, 2.05) is 19.2 Å². The number of fused-ring (bicyclic) bond motifs is 1. The van der Waals surface area contributed by atoms with Crippen LogP contribution in [0.5, 0.6) is 0 Å². The van der Waals surface area contributed by atoms with Crippen LogP contribution in [0.2, 0.25) is 0 Å². The second-order valence-corrected chi connectivity index (χ2v) is 4.63. The molecule has 1 aliphatic rings. The minimum absolute atomic E-state index is 0.267. The number of nitrogens with zero attached hydrogens (tertiary/aromatic N) is 3. The highest BCUT2D eigenvalue weighted by Gasteiger charge is 2.20. The minimum Gasteiger partial charge on any atom is -0.350 e. The van der Waals surface area contributed by atoms with Crippen molar-refractivity contribution >= 4 is 5.78 Å². The minimum atomic E-state index is 0.267. The molecule has 0 aliphatic heterocycles. The molecule has 18 heavy (non-hydrogen) atoms. The molecule has 0 bridgehead atoms. The Labute approximate surface area is 105 Å². The average molecular weight is 245 g/mol. The molecule has 0 radical (unpaired) electrons. The van der Waals surface area contributed by atoms with Gasteiger partial charge in [0.1, 0.15) is 0 Å². The highest BCUT2D eigenvalue weighted by atomic mass is 16.5. The smallest absolute Gasteiger partial charge is 0.228 e. The van der Waals surface area contributed by atoms with Crippen LogP contribution in [0.25, 0.3) is 0 Å². The van der Waals surface area contributed by atoms with E-state index in [0.717, 1.165) is 30.6 Å². The lowest BCUT2D eigenvalue weighted by atomic mass is 9.97. The van der Waals surface area contributed by atoms with Gasteiger partial charge in [-0.2, -0.15) is 4.98 Å². The van der Waals surface area contributed by atoms with Crippen molar-refractivity contribution in [3.05, 3.63) is 35.2 Å². The van der Waals surface area contributed by atoms with Crippen LogP contribution < -0.4 is 0 Å². The molecule has 0 atom stereocenters. The van der Waals surface area contributed by atoms with Crippen molar-refractivity contribution in [3.8, 4) is 0 Å². The van der Waals surface area contributed by atoms with E-state index in [9.17, 15) is 4.79 Å². The Morgan fingerprint density at radius 2 is 2.33 bits per heavy atom. The number of hydrogen-bond donors (Lipinski definition) is 0. The van der Waals surface area contributed by atoms with Crippen LogP contribution in [-0.2, 0) is 19.4 Å². The Morgan fingerprint density at radius 1 is 1.44 bits per heavy atom. The van der Waals surface area contributed by atoms with Crippen molar-refractivity contribution in [1.29, 1.82) is 0 Å². The van der Waals surface area contributed by atoms with Crippen molar-refractivity contribution < 1.29 is 9.32 Å². The highest BCUT2D eigenvalue weighted by molar-refractivity contribution is 5.98. The summed E-state index contributed by atoms with van der Waals surface area (Å²) in [6.45, 7) is 2.59. The van der Waals surface area contributed by atoms with E-state index in [1.165, 1.54) is 0 Å². The van der Waals surface area contributed by atoms with Crippen molar-refractivity contribution in [2.75, 3.05) is 0 Å². The van der Waals surface area contributed by atoms with Crippen LogP contribution in [0.4, 0.5) is 0 Å². The predicted molar refractivity (Wildman–Crippen MR) is 64.4 cm³/mol. The number of aromatic nitrogens is 3. The number of Topliss-reactive ketones (excluding diaryl/α,β-unsaturated/α-hetero) is 1. The summed E-state index contributed by atoms with van der Waals surface area (Å²) in [5.41, 5.74) is 2.05. The molecule has 1 aliphatic carbocycles.